The number of halogens is 2. The van der Waals surface area contributed by atoms with Gasteiger partial charge in [-0.1, -0.05) is 43.3 Å². The predicted molar refractivity (Wildman–Crippen MR) is 112 cm³/mol. The van der Waals surface area contributed by atoms with Gasteiger partial charge in [-0.25, -0.2) is 4.39 Å². The summed E-state index contributed by atoms with van der Waals surface area (Å²) < 4.78 is 21.1. The quantitative estimate of drug-likeness (QED) is 0.605. The summed E-state index contributed by atoms with van der Waals surface area (Å²) in [6.07, 6.45) is 6.76. The third kappa shape index (κ3) is 5.10. The second kappa shape index (κ2) is 9.90. The van der Waals surface area contributed by atoms with E-state index in [2.05, 4.69) is 16.9 Å². The van der Waals surface area contributed by atoms with Crippen molar-refractivity contribution in [2.24, 2.45) is 0 Å². The van der Waals surface area contributed by atoms with Crippen molar-refractivity contribution in [3.8, 4) is 5.75 Å². The summed E-state index contributed by atoms with van der Waals surface area (Å²) in [5.41, 5.74) is 1.31. The van der Waals surface area contributed by atoms with Crippen LogP contribution in [0.5, 0.6) is 5.75 Å². The Morgan fingerprint density at radius 3 is 2.86 bits per heavy atom. The third-order valence-electron chi connectivity index (χ3n) is 4.09. The zero-order valence-corrected chi connectivity index (χ0v) is 16.9. The van der Waals surface area contributed by atoms with Gasteiger partial charge in [-0.15, -0.1) is 0 Å². The molecule has 0 saturated heterocycles. The summed E-state index contributed by atoms with van der Waals surface area (Å²) in [5, 5.41) is 3.68. The van der Waals surface area contributed by atoms with Gasteiger partial charge in [0.2, 0.25) is 11.7 Å². The van der Waals surface area contributed by atoms with Crippen molar-refractivity contribution >= 4 is 23.2 Å². The van der Waals surface area contributed by atoms with Gasteiger partial charge in [-0.05, 0) is 37.1 Å². The molecule has 0 unspecified atom stereocenters. The summed E-state index contributed by atoms with van der Waals surface area (Å²) in [5.74, 6) is -0.108. The van der Waals surface area contributed by atoms with Gasteiger partial charge in [0, 0.05) is 16.3 Å². The van der Waals surface area contributed by atoms with Gasteiger partial charge in [0.25, 0.3) is 0 Å². The molecule has 0 fully saturated rings. The molecule has 1 N–H and O–H groups in total. The highest BCUT2D eigenvalue weighted by Crippen LogP contribution is 2.26. The van der Waals surface area contributed by atoms with E-state index in [4.69, 9.17) is 16.3 Å². The van der Waals surface area contributed by atoms with Crippen molar-refractivity contribution in [1.29, 1.82) is 0 Å². The maximum atomic E-state index is 14.4. The maximum absolute atomic E-state index is 14.4. The normalized spacial score (nSPS) is 12.0. The van der Waals surface area contributed by atoms with Crippen LogP contribution in [0.25, 0.3) is 0 Å². The fourth-order valence-corrected chi connectivity index (χ4v) is 2.62. The minimum Gasteiger partial charge on any atom is -0.490 e. The van der Waals surface area contributed by atoms with Crippen LogP contribution in [0, 0.1) is 6.92 Å². The summed E-state index contributed by atoms with van der Waals surface area (Å²) >= 11 is 6.17. The van der Waals surface area contributed by atoms with Crippen molar-refractivity contribution in [3.63, 3.8) is 0 Å². The molecule has 0 radical (unpaired) electrons. The van der Waals surface area contributed by atoms with Crippen molar-refractivity contribution in [1.82, 2.24) is 9.55 Å². The molecule has 148 valence electrons. The van der Waals surface area contributed by atoms with Crippen LogP contribution in [0.2, 0.25) is 5.02 Å². The average molecular weight is 404 g/mol. The first-order valence-corrected chi connectivity index (χ1v) is 9.14. The molecule has 0 aliphatic rings. The Morgan fingerprint density at radius 1 is 1.46 bits per heavy atom. The predicted octanol–water partition coefficient (Wildman–Crippen LogP) is 5.33. The van der Waals surface area contributed by atoms with Gasteiger partial charge in [0.15, 0.2) is 0 Å². The van der Waals surface area contributed by atoms with Gasteiger partial charge in [-0.2, -0.15) is 4.98 Å². The molecule has 2 rings (SSSR count). The Labute approximate surface area is 168 Å². The van der Waals surface area contributed by atoms with E-state index in [1.165, 1.54) is 25.5 Å². The number of anilines is 2. The monoisotopic (exact) mass is 403 g/mol. The number of hydrogen-bond donors (Lipinski definition) is 1. The highest BCUT2D eigenvalue weighted by molar-refractivity contribution is 6.31. The Morgan fingerprint density at radius 2 is 2.21 bits per heavy atom. The minimum atomic E-state index is -0.531. The van der Waals surface area contributed by atoms with Crippen LogP contribution in [0.4, 0.5) is 16.0 Å². The van der Waals surface area contributed by atoms with Crippen molar-refractivity contribution < 1.29 is 9.13 Å². The molecule has 0 aliphatic carbocycles. The molecule has 28 heavy (non-hydrogen) atoms. The summed E-state index contributed by atoms with van der Waals surface area (Å²) in [6.45, 7) is 7.56. The Bertz CT molecular complexity index is 980. The molecule has 2 aromatic rings. The molecule has 1 aromatic heterocycles. The first-order valence-electron chi connectivity index (χ1n) is 8.76. The van der Waals surface area contributed by atoms with Crippen LogP contribution in [-0.4, -0.2) is 16.7 Å². The van der Waals surface area contributed by atoms with E-state index < -0.39 is 11.4 Å². The fraction of sp³-hybridized carbons (Fsp3) is 0.238. The van der Waals surface area contributed by atoms with E-state index in [0.29, 0.717) is 22.7 Å². The minimum absolute atomic E-state index is 0.0567. The van der Waals surface area contributed by atoms with Gasteiger partial charge in [0.05, 0.1) is 19.9 Å². The van der Waals surface area contributed by atoms with Crippen LogP contribution in [0.3, 0.4) is 0 Å². The number of methoxy groups -OCH3 is 1. The number of ether oxygens (including phenoxy) is 1. The fourth-order valence-electron chi connectivity index (χ4n) is 2.45. The summed E-state index contributed by atoms with van der Waals surface area (Å²) in [7, 11) is 1.38. The van der Waals surface area contributed by atoms with Crippen molar-refractivity contribution in [2.45, 2.75) is 26.8 Å². The van der Waals surface area contributed by atoms with E-state index in [-0.39, 0.29) is 18.2 Å². The summed E-state index contributed by atoms with van der Waals surface area (Å²) in [6, 6.07) is 5.37. The largest absolute Gasteiger partial charge is 0.490 e. The lowest BCUT2D eigenvalue weighted by Gasteiger charge is -2.17. The van der Waals surface area contributed by atoms with Crippen LogP contribution in [0.1, 0.15) is 18.9 Å². The molecule has 1 aromatic carbocycles. The van der Waals surface area contributed by atoms with E-state index in [1.807, 2.05) is 19.9 Å². The van der Waals surface area contributed by atoms with Crippen molar-refractivity contribution in [2.75, 3.05) is 12.4 Å². The number of hydrogen-bond acceptors (Lipinski definition) is 4. The Kier molecular flexibility index (Phi) is 7.58. The number of nitrogens with one attached hydrogen (secondary N) is 1. The molecule has 7 heteroatoms. The zero-order valence-electron chi connectivity index (χ0n) is 16.1. The second-order valence-electron chi connectivity index (χ2n) is 5.99. The standard InChI is InChI=1S/C21H23ClFN3O2/c1-5-7-10-17(23)15(6-2)12-26-13-19(28-4)20(27)25-21(26)24-18-11-8-9-16(22)14(18)3/h6-11,13H,2,5,12H2,1,3-4H3,(H,24,25,27)/b10-7-,17-15-. The second-order valence-corrected chi connectivity index (χ2v) is 6.40. The summed E-state index contributed by atoms with van der Waals surface area (Å²) in [4.78, 5) is 16.2. The van der Waals surface area contributed by atoms with E-state index in [9.17, 15) is 9.18 Å². The number of rotatable bonds is 8. The van der Waals surface area contributed by atoms with Crippen LogP contribution in [0.15, 0.2) is 65.4 Å². The third-order valence-corrected chi connectivity index (χ3v) is 4.50. The lowest BCUT2D eigenvalue weighted by molar-refractivity contribution is 0.402. The van der Waals surface area contributed by atoms with E-state index in [1.54, 1.807) is 22.8 Å². The first kappa shape index (κ1) is 21.4. The van der Waals surface area contributed by atoms with Gasteiger partial charge in [-0.3, -0.25) is 4.79 Å². The maximum Gasteiger partial charge on any atom is 0.316 e. The van der Waals surface area contributed by atoms with Crippen LogP contribution >= 0.6 is 11.6 Å². The number of allylic oxidation sites excluding steroid dienone is 5. The molecular formula is C21H23ClFN3O2. The first-order chi connectivity index (χ1) is 13.4. The molecular weight excluding hydrogens is 381 g/mol. The zero-order chi connectivity index (χ0) is 20.7. The molecule has 0 amide bonds. The molecule has 0 aliphatic heterocycles. The van der Waals surface area contributed by atoms with Crippen LogP contribution < -0.4 is 15.6 Å². The number of nitrogens with zero attached hydrogens (tertiary/aromatic N) is 2. The van der Waals surface area contributed by atoms with E-state index in [0.717, 1.165) is 5.56 Å². The number of aromatic nitrogens is 2. The van der Waals surface area contributed by atoms with Gasteiger partial charge in [0.1, 0.15) is 5.83 Å². The average Bonchev–Trinajstić information content (AvgIpc) is 2.69. The topological polar surface area (TPSA) is 56.2 Å². The SMILES string of the molecule is C=C/C(Cn1cc(OC)c(=O)nc1Nc1cccc(Cl)c1C)=C(F)\C=C/CC. The molecule has 5 nitrogen and oxygen atoms in total. The van der Waals surface area contributed by atoms with Gasteiger partial charge >= 0.3 is 5.56 Å². The Balaban J connectivity index is 2.53. The smallest absolute Gasteiger partial charge is 0.316 e. The van der Waals surface area contributed by atoms with Crippen molar-refractivity contribution in [3.05, 3.63) is 81.5 Å². The Hall–Kier alpha value is -2.86. The number of benzene rings is 1. The lowest BCUT2D eigenvalue weighted by Crippen LogP contribution is -2.19. The molecule has 0 saturated carbocycles. The highest BCUT2D eigenvalue weighted by atomic mass is 35.5. The molecule has 0 atom stereocenters. The molecule has 1 heterocycles. The van der Waals surface area contributed by atoms with Crippen LogP contribution in [-0.2, 0) is 6.54 Å². The molecule has 0 bridgehead atoms. The lowest BCUT2D eigenvalue weighted by atomic mass is 10.2. The highest BCUT2D eigenvalue weighted by Gasteiger charge is 2.13. The molecule has 0 spiro atoms. The van der Waals surface area contributed by atoms with Gasteiger partial charge < -0.3 is 14.6 Å². The van der Waals surface area contributed by atoms with E-state index >= 15 is 0 Å².